The largest absolute Gasteiger partial charge is 0.425 e. The first-order valence-electron chi connectivity index (χ1n) is 6.85. The third-order valence-electron chi connectivity index (χ3n) is 5.42. The van der Waals surface area contributed by atoms with Crippen LogP contribution in [0.15, 0.2) is 0 Å². The van der Waals surface area contributed by atoms with Crippen LogP contribution >= 0.6 is 0 Å². The Kier molecular flexibility index (Phi) is 2.78. The molecule has 0 aromatic carbocycles. The minimum absolute atomic E-state index is 0.0358. The van der Waals surface area contributed by atoms with E-state index in [1.165, 1.54) is 0 Å². The van der Waals surface area contributed by atoms with Crippen LogP contribution in [0.3, 0.4) is 0 Å². The first kappa shape index (κ1) is 14.5. The van der Waals surface area contributed by atoms with Crippen molar-refractivity contribution in [3.63, 3.8) is 0 Å². The minimum Gasteiger partial charge on any atom is -0.325 e. The standard InChI is InChI=1S/C13H17F6N/c14-9(13(17,18)19)12(15,16)10-2-7-1-8(3-10)5-11(20,4-7)6-10/h7-9H,1-6,20H2/t7-,8+,9-,10?,11?/m0/s1. The van der Waals surface area contributed by atoms with Gasteiger partial charge in [0.1, 0.15) is 0 Å². The van der Waals surface area contributed by atoms with Gasteiger partial charge in [0.2, 0.25) is 0 Å². The van der Waals surface area contributed by atoms with Gasteiger partial charge in [-0.1, -0.05) is 0 Å². The van der Waals surface area contributed by atoms with E-state index in [4.69, 9.17) is 5.73 Å². The fourth-order valence-electron chi connectivity index (χ4n) is 5.20. The third-order valence-corrected chi connectivity index (χ3v) is 5.42. The molecule has 2 N–H and O–H groups in total. The number of hydrogen-bond donors (Lipinski definition) is 1. The van der Waals surface area contributed by atoms with Gasteiger partial charge in [0.05, 0.1) is 0 Å². The summed E-state index contributed by atoms with van der Waals surface area (Å²) in [4.78, 5) is 0. The van der Waals surface area contributed by atoms with Gasteiger partial charge in [-0.15, -0.1) is 0 Å². The lowest BCUT2D eigenvalue weighted by molar-refractivity contribution is -0.301. The number of rotatable bonds is 2. The first-order chi connectivity index (χ1) is 8.98. The molecule has 7 heteroatoms. The highest BCUT2D eigenvalue weighted by Gasteiger charge is 2.72. The van der Waals surface area contributed by atoms with E-state index in [9.17, 15) is 26.3 Å². The third kappa shape index (κ3) is 1.88. The lowest BCUT2D eigenvalue weighted by Crippen LogP contribution is -2.67. The quantitative estimate of drug-likeness (QED) is 0.771. The molecule has 0 amide bonds. The lowest BCUT2D eigenvalue weighted by atomic mass is 9.45. The van der Waals surface area contributed by atoms with Crippen LogP contribution in [-0.4, -0.2) is 23.8 Å². The summed E-state index contributed by atoms with van der Waals surface area (Å²) in [7, 11) is 0. The summed E-state index contributed by atoms with van der Waals surface area (Å²) in [6.45, 7) is 0. The van der Waals surface area contributed by atoms with Crippen LogP contribution in [0.4, 0.5) is 26.3 Å². The van der Waals surface area contributed by atoms with E-state index < -0.39 is 29.2 Å². The van der Waals surface area contributed by atoms with Crippen LogP contribution in [0.25, 0.3) is 0 Å². The Bertz CT molecular complexity index is 404. The molecule has 4 bridgehead atoms. The molecule has 4 saturated carbocycles. The molecule has 4 rings (SSSR count). The van der Waals surface area contributed by atoms with Gasteiger partial charge in [0.25, 0.3) is 12.1 Å². The van der Waals surface area contributed by atoms with E-state index in [1.54, 1.807) is 0 Å². The maximum absolute atomic E-state index is 14.3. The van der Waals surface area contributed by atoms with E-state index in [0.717, 1.165) is 6.42 Å². The van der Waals surface area contributed by atoms with Crippen LogP contribution < -0.4 is 5.73 Å². The molecule has 116 valence electrons. The maximum atomic E-state index is 14.3. The normalized spacial score (nSPS) is 45.8. The van der Waals surface area contributed by atoms with Gasteiger partial charge in [-0.25, -0.2) is 13.2 Å². The van der Waals surface area contributed by atoms with Crippen LogP contribution in [0.2, 0.25) is 0 Å². The first-order valence-corrected chi connectivity index (χ1v) is 6.85. The zero-order valence-corrected chi connectivity index (χ0v) is 10.8. The highest BCUT2D eigenvalue weighted by Crippen LogP contribution is 2.67. The van der Waals surface area contributed by atoms with Crippen molar-refractivity contribution >= 4 is 0 Å². The molecule has 4 fully saturated rings. The second kappa shape index (κ2) is 3.84. The number of halogens is 6. The van der Waals surface area contributed by atoms with Gasteiger partial charge < -0.3 is 5.73 Å². The van der Waals surface area contributed by atoms with Crippen molar-refractivity contribution in [3.8, 4) is 0 Å². The van der Waals surface area contributed by atoms with Crippen molar-refractivity contribution < 1.29 is 26.3 Å². The average Bonchev–Trinajstić information content (AvgIpc) is 2.22. The Hall–Kier alpha value is -0.460. The summed E-state index contributed by atoms with van der Waals surface area (Å²) in [6.07, 6.45) is -8.02. The predicted molar refractivity (Wildman–Crippen MR) is 59.9 cm³/mol. The van der Waals surface area contributed by atoms with E-state index in [2.05, 4.69) is 0 Å². The minimum atomic E-state index is -5.53. The highest BCUT2D eigenvalue weighted by atomic mass is 19.4. The SMILES string of the molecule is NC12C[C@H]3C[C@@H](C1)CC(C(F)(F)[C@H](F)C(F)(F)F)(C3)C2. The fourth-order valence-corrected chi connectivity index (χ4v) is 5.20. The van der Waals surface area contributed by atoms with Crippen LogP contribution in [-0.2, 0) is 0 Å². The van der Waals surface area contributed by atoms with Crippen LogP contribution in [0, 0.1) is 17.3 Å². The van der Waals surface area contributed by atoms with E-state index in [0.29, 0.717) is 12.8 Å². The summed E-state index contributed by atoms with van der Waals surface area (Å²) >= 11 is 0. The summed E-state index contributed by atoms with van der Waals surface area (Å²) in [6, 6.07) is 0. The van der Waals surface area contributed by atoms with E-state index >= 15 is 0 Å². The molecule has 0 saturated heterocycles. The fraction of sp³-hybridized carbons (Fsp3) is 1.00. The molecule has 0 heterocycles. The van der Waals surface area contributed by atoms with Gasteiger partial charge in [0.15, 0.2) is 0 Å². The molecule has 1 nitrogen and oxygen atoms in total. The zero-order chi connectivity index (χ0) is 15.0. The second-order valence-corrected chi connectivity index (χ2v) is 7.13. The predicted octanol–water partition coefficient (Wildman–Crippen LogP) is 3.82. The molecular weight excluding hydrogens is 284 g/mol. The Morgan fingerprint density at radius 2 is 1.45 bits per heavy atom. The lowest BCUT2D eigenvalue weighted by Gasteiger charge is -2.62. The molecule has 2 unspecified atom stereocenters. The Morgan fingerprint density at radius 3 is 1.85 bits per heavy atom. The van der Waals surface area contributed by atoms with Crippen molar-refractivity contribution in [3.05, 3.63) is 0 Å². The molecule has 0 aromatic rings. The summed E-state index contributed by atoms with van der Waals surface area (Å²) in [5.74, 6) is -4.58. The molecule has 4 aliphatic rings. The molecule has 0 aliphatic heterocycles. The average molecular weight is 301 g/mol. The van der Waals surface area contributed by atoms with Crippen molar-refractivity contribution in [1.29, 1.82) is 0 Å². The number of hydrogen-bond acceptors (Lipinski definition) is 1. The monoisotopic (exact) mass is 301 g/mol. The highest BCUT2D eigenvalue weighted by molar-refractivity contribution is 5.16. The summed E-state index contributed by atoms with van der Waals surface area (Å²) in [5, 5.41) is 0. The van der Waals surface area contributed by atoms with Crippen molar-refractivity contribution in [1.82, 2.24) is 0 Å². The van der Waals surface area contributed by atoms with Crippen molar-refractivity contribution in [2.24, 2.45) is 23.0 Å². The Balaban J connectivity index is 1.96. The molecular formula is C13H17F6N. The topological polar surface area (TPSA) is 26.0 Å². The van der Waals surface area contributed by atoms with Gasteiger partial charge in [-0.05, 0) is 50.4 Å². The summed E-state index contributed by atoms with van der Waals surface area (Å²) < 4.78 is 79.3. The molecule has 4 aliphatic carbocycles. The molecule has 20 heavy (non-hydrogen) atoms. The maximum Gasteiger partial charge on any atom is 0.425 e. The Morgan fingerprint density at radius 1 is 0.950 bits per heavy atom. The van der Waals surface area contributed by atoms with Gasteiger partial charge in [0, 0.05) is 11.0 Å². The Labute approximate surface area is 112 Å². The van der Waals surface area contributed by atoms with Crippen LogP contribution in [0.1, 0.15) is 38.5 Å². The zero-order valence-electron chi connectivity index (χ0n) is 10.8. The van der Waals surface area contributed by atoms with Gasteiger partial charge in [-0.2, -0.15) is 13.2 Å². The molecule has 5 atom stereocenters. The van der Waals surface area contributed by atoms with Gasteiger partial charge in [-0.3, -0.25) is 0 Å². The van der Waals surface area contributed by atoms with Crippen molar-refractivity contribution in [2.75, 3.05) is 0 Å². The van der Waals surface area contributed by atoms with E-state index in [-0.39, 0.29) is 31.1 Å². The van der Waals surface area contributed by atoms with Gasteiger partial charge >= 0.3 is 6.18 Å². The van der Waals surface area contributed by atoms with Crippen LogP contribution in [0.5, 0.6) is 0 Å². The summed E-state index contributed by atoms with van der Waals surface area (Å²) in [5.41, 5.74) is 3.32. The smallest absolute Gasteiger partial charge is 0.325 e. The van der Waals surface area contributed by atoms with E-state index in [1.807, 2.05) is 0 Å². The molecule has 0 spiro atoms. The molecule has 0 aromatic heterocycles. The number of alkyl halides is 6. The number of nitrogens with two attached hydrogens (primary N) is 1. The van der Waals surface area contributed by atoms with Crippen molar-refractivity contribution in [2.45, 2.75) is 62.3 Å². The molecule has 0 radical (unpaired) electrons. The second-order valence-electron chi connectivity index (χ2n) is 7.13.